The van der Waals surface area contributed by atoms with Gasteiger partial charge in [-0.1, -0.05) is 53.5 Å². The lowest BCUT2D eigenvalue weighted by atomic mass is 9.93. The molecule has 1 fully saturated rings. The molecule has 1 aliphatic rings. The fraction of sp³-hybridized carbons (Fsp3) is 0.235. The second kappa shape index (κ2) is 7.26. The van der Waals surface area contributed by atoms with Crippen molar-refractivity contribution < 1.29 is 14.4 Å². The van der Waals surface area contributed by atoms with Crippen LogP contribution in [0.25, 0.3) is 0 Å². The quantitative estimate of drug-likeness (QED) is 0.736. The number of benzene rings is 1. The molecule has 1 aromatic carbocycles. The van der Waals surface area contributed by atoms with E-state index in [0.717, 1.165) is 16.9 Å². The van der Waals surface area contributed by atoms with E-state index in [1.54, 1.807) is 6.92 Å². The van der Waals surface area contributed by atoms with E-state index in [2.05, 4.69) is 10.7 Å². The van der Waals surface area contributed by atoms with E-state index in [0.29, 0.717) is 22.2 Å². The summed E-state index contributed by atoms with van der Waals surface area (Å²) >= 11 is 12.8. The van der Waals surface area contributed by atoms with Crippen molar-refractivity contribution in [1.29, 1.82) is 0 Å². The van der Waals surface area contributed by atoms with Gasteiger partial charge in [0, 0.05) is 0 Å². The molecule has 2 N–H and O–H groups in total. The zero-order valence-electron chi connectivity index (χ0n) is 13.7. The Morgan fingerprint density at radius 2 is 1.96 bits per heavy atom. The highest BCUT2D eigenvalue weighted by Gasteiger charge is 2.48. The van der Waals surface area contributed by atoms with Gasteiger partial charge in [-0.05, 0) is 31.4 Å². The summed E-state index contributed by atoms with van der Waals surface area (Å²) in [6.45, 7) is 1.64. The molecule has 1 saturated heterocycles. The van der Waals surface area contributed by atoms with Crippen LogP contribution >= 0.6 is 34.5 Å². The molecule has 6 nitrogen and oxygen atoms in total. The van der Waals surface area contributed by atoms with Crippen molar-refractivity contribution in [2.24, 2.45) is 0 Å². The van der Waals surface area contributed by atoms with E-state index in [1.165, 1.54) is 6.07 Å². The number of rotatable bonds is 5. The number of hydrogen-bond acceptors (Lipinski definition) is 4. The lowest BCUT2D eigenvalue weighted by molar-refractivity contribution is -0.132. The van der Waals surface area contributed by atoms with E-state index in [4.69, 9.17) is 23.2 Å². The smallest absolute Gasteiger partial charge is 0.322 e. The van der Waals surface area contributed by atoms with Gasteiger partial charge in [0.2, 0.25) is 0 Å². The third kappa shape index (κ3) is 3.70. The third-order valence-corrected chi connectivity index (χ3v) is 5.62. The Morgan fingerprint density at radius 3 is 2.58 bits per heavy atom. The molecule has 1 unspecified atom stereocenters. The highest BCUT2D eigenvalue weighted by atomic mass is 35.5. The summed E-state index contributed by atoms with van der Waals surface area (Å²) in [4.78, 5) is 37.2. The molecule has 0 aliphatic carbocycles. The van der Waals surface area contributed by atoms with Crippen LogP contribution in [0.2, 0.25) is 8.67 Å². The minimum Gasteiger partial charge on any atom is -0.322 e. The van der Waals surface area contributed by atoms with E-state index in [1.807, 2.05) is 30.3 Å². The molecule has 1 aromatic heterocycles. The number of imide groups is 1. The van der Waals surface area contributed by atoms with Crippen LogP contribution in [0.5, 0.6) is 0 Å². The molecule has 136 valence electrons. The fourth-order valence-electron chi connectivity index (χ4n) is 2.65. The van der Waals surface area contributed by atoms with Gasteiger partial charge in [-0.15, -0.1) is 11.3 Å². The molecule has 4 amide bonds. The monoisotopic (exact) mass is 411 g/mol. The molecule has 1 atom stereocenters. The molecule has 26 heavy (non-hydrogen) atoms. The number of thiophene rings is 1. The Hall–Kier alpha value is -2.09. The molecular formula is C17H15Cl2N3O3S. The normalized spacial score (nSPS) is 19.6. The Bertz CT molecular complexity index is 871. The van der Waals surface area contributed by atoms with Gasteiger partial charge in [0.15, 0.2) is 0 Å². The van der Waals surface area contributed by atoms with Crippen molar-refractivity contribution in [1.82, 2.24) is 15.8 Å². The summed E-state index contributed by atoms with van der Waals surface area (Å²) in [5, 5.41) is 3.33. The number of nitrogens with one attached hydrogen (secondary N) is 2. The lowest BCUT2D eigenvalue weighted by Gasteiger charge is -2.21. The third-order valence-electron chi connectivity index (χ3n) is 4.13. The summed E-state index contributed by atoms with van der Waals surface area (Å²) < 4.78 is 0.524. The van der Waals surface area contributed by atoms with Gasteiger partial charge in [-0.25, -0.2) is 4.79 Å². The van der Waals surface area contributed by atoms with Crippen LogP contribution in [0.4, 0.5) is 4.79 Å². The number of amides is 4. The van der Waals surface area contributed by atoms with Crippen molar-refractivity contribution >= 4 is 52.4 Å². The van der Waals surface area contributed by atoms with Gasteiger partial charge in [0.1, 0.15) is 9.88 Å². The van der Waals surface area contributed by atoms with Gasteiger partial charge in [-0.2, -0.15) is 5.01 Å². The molecule has 2 heterocycles. The SMILES string of the molecule is CC1(CCc2ccccc2)NC(=O)N(NC(=O)c2cc(Cl)sc2Cl)C1=O. The largest absolute Gasteiger partial charge is 0.344 e. The van der Waals surface area contributed by atoms with Crippen LogP contribution in [0.3, 0.4) is 0 Å². The van der Waals surface area contributed by atoms with Crippen LogP contribution in [0, 0.1) is 0 Å². The first kappa shape index (κ1) is 18.7. The van der Waals surface area contributed by atoms with E-state index in [9.17, 15) is 14.4 Å². The lowest BCUT2D eigenvalue weighted by Crippen LogP contribution is -2.48. The minimum atomic E-state index is -1.10. The maximum atomic E-state index is 12.7. The molecule has 3 rings (SSSR count). The van der Waals surface area contributed by atoms with Gasteiger partial charge in [-0.3, -0.25) is 15.0 Å². The van der Waals surface area contributed by atoms with Gasteiger partial charge < -0.3 is 5.32 Å². The summed E-state index contributed by atoms with van der Waals surface area (Å²) in [6, 6.07) is 10.3. The first-order chi connectivity index (χ1) is 12.3. The first-order valence-electron chi connectivity index (χ1n) is 7.76. The van der Waals surface area contributed by atoms with E-state index < -0.39 is 23.4 Å². The Kier molecular flexibility index (Phi) is 5.22. The predicted molar refractivity (Wildman–Crippen MR) is 100 cm³/mol. The number of urea groups is 1. The van der Waals surface area contributed by atoms with Crippen molar-refractivity contribution in [2.75, 3.05) is 0 Å². The molecule has 0 bridgehead atoms. The maximum Gasteiger partial charge on any atom is 0.344 e. The average Bonchev–Trinajstić information content (AvgIpc) is 3.05. The Labute approximate surface area is 164 Å². The van der Waals surface area contributed by atoms with E-state index in [-0.39, 0.29) is 9.90 Å². The van der Waals surface area contributed by atoms with Crippen molar-refractivity contribution in [2.45, 2.75) is 25.3 Å². The van der Waals surface area contributed by atoms with Crippen LogP contribution in [-0.4, -0.2) is 28.4 Å². The summed E-state index contributed by atoms with van der Waals surface area (Å²) in [7, 11) is 0. The highest BCUT2D eigenvalue weighted by molar-refractivity contribution is 7.20. The zero-order chi connectivity index (χ0) is 18.9. The topological polar surface area (TPSA) is 78.5 Å². The zero-order valence-corrected chi connectivity index (χ0v) is 16.0. The fourth-order valence-corrected chi connectivity index (χ4v) is 4.11. The standard InChI is InChI=1S/C17H15Cl2N3O3S/c1-17(8-7-10-5-3-2-4-6-10)15(24)22(16(25)20-17)21-14(23)11-9-12(18)26-13(11)19/h2-6,9H,7-8H2,1H3,(H,20,25)(H,21,23). The predicted octanol–water partition coefficient (Wildman–Crippen LogP) is 3.64. The molecule has 1 aliphatic heterocycles. The van der Waals surface area contributed by atoms with Gasteiger partial charge in [0.05, 0.1) is 9.90 Å². The van der Waals surface area contributed by atoms with Crippen molar-refractivity contribution in [3.63, 3.8) is 0 Å². The first-order valence-corrected chi connectivity index (χ1v) is 9.34. The summed E-state index contributed by atoms with van der Waals surface area (Å²) in [6.07, 6.45) is 1.01. The van der Waals surface area contributed by atoms with Crippen molar-refractivity contribution in [3.8, 4) is 0 Å². The second-order valence-electron chi connectivity index (χ2n) is 6.07. The Morgan fingerprint density at radius 1 is 1.27 bits per heavy atom. The van der Waals surface area contributed by atoms with Crippen LogP contribution in [-0.2, 0) is 11.2 Å². The molecule has 0 saturated carbocycles. The summed E-state index contributed by atoms with van der Waals surface area (Å²) in [5.74, 6) is -1.20. The number of carbonyl (C=O) groups excluding carboxylic acids is 3. The highest BCUT2D eigenvalue weighted by Crippen LogP contribution is 2.31. The molecule has 0 radical (unpaired) electrons. The molecule has 0 spiro atoms. The van der Waals surface area contributed by atoms with E-state index >= 15 is 0 Å². The van der Waals surface area contributed by atoms with Crippen molar-refractivity contribution in [3.05, 3.63) is 56.2 Å². The summed E-state index contributed by atoms with van der Waals surface area (Å²) in [5.41, 5.74) is 2.36. The number of hydrogen-bond donors (Lipinski definition) is 2. The van der Waals surface area contributed by atoms with Gasteiger partial charge >= 0.3 is 6.03 Å². The number of nitrogens with zero attached hydrogens (tertiary/aromatic N) is 1. The maximum absolute atomic E-state index is 12.7. The number of halogens is 2. The van der Waals surface area contributed by atoms with Gasteiger partial charge in [0.25, 0.3) is 11.8 Å². The molecule has 9 heteroatoms. The average molecular weight is 412 g/mol. The Balaban J connectivity index is 1.70. The van der Waals surface area contributed by atoms with Crippen LogP contribution in [0.15, 0.2) is 36.4 Å². The second-order valence-corrected chi connectivity index (χ2v) is 8.35. The number of carbonyl (C=O) groups is 3. The molecule has 2 aromatic rings. The minimum absolute atomic E-state index is 0.111. The number of aryl methyl sites for hydroxylation is 1. The van der Waals surface area contributed by atoms with Crippen LogP contribution in [0.1, 0.15) is 29.3 Å². The molecular weight excluding hydrogens is 397 g/mol. The number of hydrazine groups is 1. The van der Waals surface area contributed by atoms with Crippen LogP contribution < -0.4 is 10.7 Å².